The summed E-state index contributed by atoms with van der Waals surface area (Å²) < 4.78 is 1.85. The van der Waals surface area contributed by atoms with Crippen LogP contribution in [0.1, 0.15) is 16.2 Å². The number of hydrogen-bond acceptors (Lipinski definition) is 2. The molecule has 2 heterocycles. The fourth-order valence-electron chi connectivity index (χ4n) is 1.79. The lowest BCUT2D eigenvalue weighted by Gasteiger charge is -2.04. The van der Waals surface area contributed by atoms with Crippen molar-refractivity contribution in [2.24, 2.45) is 0 Å². The number of benzene rings is 1. The molecule has 16 heavy (non-hydrogen) atoms. The predicted molar refractivity (Wildman–Crippen MR) is 63.0 cm³/mol. The van der Waals surface area contributed by atoms with Crippen molar-refractivity contribution in [3.05, 3.63) is 48.0 Å². The Labute approximate surface area is 98.7 Å². The van der Waals surface area contributed by atoms with Gasteiger partial charge < -0.3 is 9.88 Å². The van der Waals surface area contributed by atoms with Gasteiger partial charge in [0.05, 0.1) is 6.54 Å². The molecule has 0 bridgehead atoms. The summed E-state index contributed by atoms with van der Waals surface area (Å²) in [5.41, 5.74) is 1.97. The second-order valence-corrected chi connectivity index (χ2v) is 3.49. The number of hydrogen-bond donors (Lipinski definition) is 1. The van der Waals surface area contributed by atoms with Gasteiger partial charge >= 0.3 is 0 Å². The van der Waals surface area contributed by atoms with Gasteiger partial charge in [-0.15, -0.1) is 12.4 Å². The number of aromatic nitrogens is 2. The van der Waals surface area contributed by atoms with Crippen molar-refractivity contribution in [3.63, 3.8) is 0 Å². The highest BCUT2D eigenvalue weighted by Gasteiger charge is 2.18. The van der Waals surface area contributed by atoms with E-state index in [-0.39, 0.29) is 18.3 Å². The number of carbonyl (C=O) groups is 1. The first-order valence-corrected chi connectivity index (χ1v) is 4.75. The molecule has 4 nitrogen and oxygen atoms in total. The van der Waals surface area contributed by atoms with Gasteiger partial charge in [0.15, 0.2) is 5.82 Å². The van der Waals surface area contributed by atoms with E-state index in [1.807, 2.05) is 35.0 Å². The van der Waals surface area contributed by atoms with Crippen molar-refractivity contribution in [1.29, 1.82) is 0 Å². The second kappa shape index (κ2) is 3.98. The largest absolute Gasteiger partial charge is 0.322 e. The Bertz CT molecular complexity index is 536. The summed E-state index contributed by atoms with van der Waals surface area (Å²) in [6.45, 7) is 0.685. The van der Waals surface area contributed by atoms with Crippen LogP contribution in [-0.4, -0.2) is 15.5 Å². The number of fused-ring (bicyclic) bond motifs is 2. The van der Waals surface area contributed by atoms with Crippen molar-refractivity contribution in [2.45, 2.75) is 6.54 Å². The van der Waals surface area contributed by atoms with E-state index in [0.29, 0.717) is 12.4 Å². The molecule has 5 heteroatoms. The second-order valence-electron chi connectivity index (χ2n) is 3.49. The van der Waals surface area contributed by atoms with Crippen LogP contribution in [-0.2, 0) is 6.54 Å². The summed E-state index contributed by atoms with van der Waals surface area (Å²) in [7, 11) is 0. The third-order valence-electron chi connectivity index (χ3n) is 2.52. The van der Waals surface area contributed by atoms with Crippen LogP contribution in [0.15, 0.2) is 36.7 Å². The summed E-state index contributed by atoms with van der Waals surface area (Å²) in [5.74, 6) is 0.316. The molecule has 0 aliphatic carbocycles. The number of halogens is 1. The number of amides is 1. The van der Waals surface area contributed by atoms with Gasteiger partial charge in [-0.05, 0) is 11.6 Å². The van der Waals surface area contributed by atoms with Gasteiger partial charge in [0, 0.05) is 18.1 Å². The molecule has 0 saturated carbocycles. The number of nitrogens with zero attached hydrogens (tertiary/aromatic N) is 2. The minimum atomic E-state index is -0.148. The zero-order valence-corrected chi connectivity index (χ0v) is 9.20. The number of para-hydroxylation sites is 1. The number of anilines is 1. The summed E-state index contributed by atoms with van der Waals surface area (Å²) in [5, 5.41) is 2.84. The van der Waals surface area contributed by atoms with E-state index in [1.165, 1.54) is 0 Å². The highest BCUT2D eigenvalue weighted by atomic mass is 35.5. The van der Waals surface area contributed by atoms with Crippen LogP contribution in [0, 0.1) is 0 Å². The average Bonchev–Trinajstić information content (AvgIpc) is 2.64. The van der Waals surface area contributed by atoms with Gasteiger partial charge in [-0.3, -0.25) is 4.79 Å². The van der Waals surface area contributed by atoms with Gasteiger partial charge in [0.2, 0.25) is 0 Å². The molecule has 3 rings (SSSR count). The minimum Gasteiger partial charge on any atom is -0.322 e. The SMILES string of the molecule is Cl.O=C1Nc2ccccc2Cn2ccnc21. The third kappa shape index (κ3) is 1.57. The van der Waals surface area contributed by atoms with Gasteiger partial charge in [0.25, 0.3) is 5.91 Å². The normalized spacial score (nSPS) is 12.9. The maximum Gasteiger partial charge on any atom is 0.291 e. The van der Waals surface area contributed by atoms with Crippen molar-refractivity contribution in [3.8, 4) is 0 Å². The molecule has 1 aromatic carbocycles. The van der Waals surface area contributed by atoms with E-state index in [2.05, 4.69) is 10.3 Å². The lowest BCUT2D eigenvalue weighted by molar-refractivity contribution is 0.101. The minimum absolute atomic E-state index is 0. The standard InChI is InChI=1S/C11H9N3O.ClH/c15-11-10-12-5-6-14(10)7-8-3-1-2-4-9(8)13-11;/h1-6H,7H2,(H,13,15);1H. The summed E-state index contributed by atoms with van der Waals surface area (Å²) in [6.07, 6.45) is 3.46. The molecule has 0 spiro atoms. The van der Waals surface area contributed by atoms with Crippen molar-refractivity contribution in [1.82, 2.24) is 9.55 Å². The fourth-order valence-corrected chi connectivity index (χ4v) is 1.79. The highest BCUT2D eigenvalue weighted by molar-refractivity contribution is 6.02. The van der Waals surface area contributed by atoms with Gasteiger partial charge in [-0.1, -0.05) is 18.2 Å². The highest BCUT2D eigenvalue weighted by Crippen LogP contribution is 2.20. The molecule has 1 aliphatic heterocycles. The molecular formula is C11H10ClN3O. The van der Waals surface area contributed by atoms with Crippen LogP contribution in [0.5, 0.6) is 0 Å². The molecule has 0 radical (unpaired) electrons. The fraction of sp³-hybridized carbons (Fsp3) is 0.0909. The Kier molecular flexibility index (Phi) is 2.66. The van der Waals surface area contributed by atoms with Crippen molar-refractivity contribution in [2.75, 3.05) is 5.32 Å². The molecule has 0 fully saturated rings. The summed E-state index contributed by atoms with van der Waals surface area (Å²) in [6, 6.07) is 7.78. The van der Waals surface area contributed by atoms with Crippen LogP contribution < -0.4 is 5.32 Å². The van der Waals surface area contributed by atoms with Crippen LogP contribution >= 0.6 is 12.4 Å². The molecule has 1 aromatic heterocycles. The van der Waals surface area contributed by atoms with Crippen LogP contribution in [0.2, 0.25) is 0 Å². The smallest absolute Gasteiger partial charge is 0.291 e. The average molecular weight is 236 g/mol. The molecule has 2 aromatic rings. The quantitative estimate of drug-likeness (QED) is 0.758. The first-order valence-electron chi connectivity index (χ1n) is 4.75. The van der Waals surface area contributed by atoms with E-state index < -0.39 is 0 Å². The monoisotopic (exact) mass is 235 g/mol. The zero-order valence-electron chi connectivity index (χ0n) is 8.38. The number of imidazole rings is 1. The van der Waals surface area contributed by atoms with E-state index >= 15 is 0 Å². The lowest BCUT2D eigenvalue weighted by Crippen LogP contribution is -2.14. The summed E-state index contributed by atoms with van der Waals surface area (Å²) >= 11 is 0. The molecular weight excluding hydrogens is 226 g/mol. The van der Waals surface area contributed by atoms with Gasteiger partial charge in [-0.2, -0.15) is 0 Å². The summed E-state index contributed by atoms with van der Waals surface area (Å²) in [4.78, 5) is 15.8. The number of rotatable bonds is 0. The Morgan fingerprint density at radius 1 is 1.31 bits per heavy atom. The van der Waals surface area contributed by atoms with Crippen LogP contribution in [0.3, 0.4) is 0 Å². The van der Waals surface area contributed by atoms with E-state index in [0.717, 1.165) is 11.3 Å². The first kappa shape index (κ1) is 10.7. The Hall–Kier alpha value is -1.81. The Balaban J connectivity index is 0.000000963. The van der Waals surface area contributed by atoms with E-state index in [9.17, 15) is 4.79 Å². The molecule has 1 amide bonds. The predicted octanol–water partition coefficient (Wildman–Crippen LogP) is 1.92. The number of carbonyl (C=O) groups excluding carboxylic acids is 1. The van der Waals surface area contributed by atoms with E-state index in [4.69, 9.17) is 0 Å². The zero-order chi connectivity index (χ0) is 10.3. The topological polar surface area (TPSA) is 46.9 Å². The van der Waals surface area contributed by atoms with Crippen LogP contribution in [0.25, 0.3) is 0 Å². The molecule has 0 unspecified atom stereocenters. The van der Waals surface area contributed by atoms with Crippen molar-refractivity contribution >= 4 is 24.0 Å². The lowest BCUT2D eigenvalue weighted by atomic mass is 10.2. The van der Waals surface area contributed by atoms with Crippen LogP contribution in [0.4, 0.5) is 5.69 Å². The number of nitrogens with one attached hydrogen (secondary N) is 1. The van der Waals surface area contributed by atoms with Gasteiger partial charge in [0.1, 0.15) is 0 Å². The Morgan fingerprint density at radius 3 is 3.00 bits per heavy atom. The maximum atomic E-state index is 11.7. The Morgan fingerprint density at radius 2 is 2.12 bits per heavy atom. The molecule has 1 N–H and O–H groups in total. The molecule has 0 atom stereocenters. The third-order valence-corrected chi connectivity index (χ3v) is 2.52. The first-order chi connectivity index (χ1) is 7.34. The van der Waals surface area contributed by atoms with E-state index in [1.54, 1.807) is 6.20 Å². The molecule has 82 valence electrons. The maximum absolute atomic E-state index is 11.7. The van der Waals surface area contributed by atoms with Crippen molar-refractivity contribution < 1.29 is 4.79 Å². The van der Waals surface area contributed by atoms with Gasteiger partial charge in [-0.25, -0.2) is 4.98 Å². The molecule has 0 saturated heterocycles. The molecule has 1 aliphatic rings.